The molecule has 3 nitrogen and oxygen atoms in total. The summed E-state index contributed by atoms with van der Waals surface area (Å²) in [5.74, 6) is 2.46. The minimum atomic E-state index is 0.237. The van der Waals surface area contributed by atoms with Gasteiger partial charge < -0.3 is 14.8 Å². The second-order valence-electron chi connectivity index (χ2n) is 4.73. The Bertz CT molecular complexity index is 456. The van der Waals surface area contributed by atoms with Gasteiger partial charge >= 0.3 is 0 Å². The van der Waals surface area contributed by atoms with Crippen LogP contribution < -0.4 is 10.1 Å². The van der Waals surface area contributed by atoms with Crippen LogP contribution in [0.1, 0.15) is 24.8 Å². The maximum Gasteiger partial charge on any atom is 0.122 e. The Morgan fingerprint density at radius 3 is 3.00 bits per heavy atom. The summed E-state index contributed by atoms with van der Waals surface area (Å²) in [4.78, 5) is 0. The van der Waals surface area contributed by atoms with Crippen molar-refractivity contribution in [2.75, 3.05) is 19.8 Å². The summed E-state index contributed by atoms with van der Waals surface area (Å²) >= 11 is 0. The lowest BCUT2D eigenvalue weighted by Gasteiger charge is -2.24. The zero-order valence-corrected chi connectivity index (χ0v) is 10.7. The van der Waals surface area contributed by atoms with Gasteiger partial charge in [-0.05, 0) is 18.7 Å². The minimum Gasteiger partial charge on any atom is -0.496 e. The normalized spacial score (nSPS) is 22.9. The standard InChI is InChI=1S/C15H19NO2/c1-2-16-15(14-8-5-9-17-14)12-10-18-13-7-4-3-6-11(12)13/h3-4,6-8,12,15-16H,2,5,9-10H2,1H3. The van der Waals surface area contributed by atoms with E-state index in [4.69, 9.17) is 9.47 Å². The monoisotopic (exact) mass is 245 g/mol. The van der Waals surface area contributed by atoms with Gasteiger partial charge in [0.2, 0.25) is 0 Å². The lowest BCUT2D eigenvalue weighted by atomic mass is 9.92. The second-order valence-corrected chi connectivity index (χ2v) is 4.73. The van der Waals surface area contributed by atoms with E-state index < -0.39 is 0 Å². The third-order valence-corrected chi connectivity index (χ3v) is 3.60. The highest BCUT2D eigenvalue weighted by molar-refractivity contribution is 5.42. The average Bonchev–Trinajstić information content (AvgIpc) is 3.06. The molecule has 1 aromatic rings. The molecule has 3 rings (SSSR count). The van der Waals surface area contributed by atoms with Crippen molar-refractivity contribution < 1.29 is 9.47 Å². The molecular formula is C15H19NO2. The highest BCUT2D eigenvalue weighted by Gasteiger charge is 2.34. The van der Waals surface area contributed by atoms with Crippen LogP contribution in [0.3, 0.4) is 0 Å². The van der Waals surface area contributed by atoms with Gasteiger partial charge in [0.15, 0.2) is 0 Å². The van der Waals surface area contributed by atoms with E-state index in [1.165, 1.54) is 5.56 Å². The Balaban J connectivity index is 1.88. The molecule has 2 heterocycles. The fourth-order valence-corrected chi connectivity index (χ4v) is 2.78. The molecule has 0 aromatic heterocycles. The molecule has 0 saturated carbocycles. The number of benzene rings is 1. The van der Waals surface area contributed by atoms with Crippen LogP contribution in [0.5, 0.6) is 5.75 Å². The molecule has 0 saturated heterocycles. The molecule has 2 unspecified atom stereocenters. The van der Waals surface area contributed by atoms with Gasteiger partial charge in [-0.1, -0.05) is 25.1 Å². The Morgan fingerprint density at radius 2 is 2.22 bits per heavy atom. The van der Waals surface area contributed by atoms with Gasteiger partial charge in [-0.15, -0.1) is 0 Å². The summed E-state index contributed by atoms with van der Waals surface area (Å²) in [7, 11) is 0. The molecule has 0 fully saturated rings. The summed E-state index contributed by atoms with van der Waals surface area (Å²) in [5, 5.41) is 3.53. The molecule has 3 heteroatoms. The van der Waals surface area contributed by atoms with Crippen LogP contribution in [-0.2, 0) is 4.74 Å². The number of likely N-dealkylation sites (N-methyl/N-ethyl adjacent to an activating group) is 1. The predicted octanol–water partition coefficient (Wildman–Crippen LogP) is 2.44. The topological polar surface area (TPSA) is 30.5 Å². The van der Waals surface area contributed by atoms with E-state index in [9.17, 15) is 0 Å². The van der Waals surface area contributed by atoms with E-state index in [1.54, 1.807) is 0 Å². The largest absolute Gasteiger partial charge is 0.496 e. The quantitative estimate of drug-likeness (QED) is 0.884. The third-order valence-electron chi connectivity index (χ3n) is 3.60. The SMILES string of the molecule is CCNC(C1=CCCO1)C1COc2ccccc21. The molecule has 0 amide bonds. The molecule has 0 bridgehead atoms. The van der Waals surface area contributed by atoms with Crippen molar-refractivity contribution in [3.8, 4) is 5.75 Å². The number of fused-ring (bicyclic) bond motifs is 1. The first-order valence-corrected chi connectivity index (χ1v) is 6.68. The zero-order valence-electron chi connectivity index (χ0n) is 10.7. The van der Waals surface area contributed by atoms with Crippen LogP contribution in [0.15, 0.2) is 36.1 Å². The number of hydrogen-bond donors (Lipinski definition) is 1. The van der Waals surface area contributed by atoms with Crippen molar-refractivity contribution in [1.29, 1.82) is 0 Å². The van der Waals surface area contributed by atoms with E-state index in [2.05, 4.69) is 30.4 Å². The van der Waals surface area contributed by atoms with E-state index in [-0.39, 0.29) is 6.04 Å². The number of hydrogen-bond acceptors (Lipinski definition) is 3. The summed E-state index contributed by atoms with van der Waals surface area (Å²) in [6.45, 7) is 4.61. The van der Waals surface area contributed by atoms with Crippen molar-refractivity contribution in [2.45, 2.75) is 25.3 Å². The van der Waals surface area contributed by atoms with Crippen LogP contribution in [-0.4, -0.2) is 25.8 Å². The average molecular weight is 245 g/mol. The van der Waals surface area contributed by atoms with Crippen molar-refractivity contribution in [3.63, 3.8) is 0 Å². The highest BCUT2D eigenvalue weighted by Crippen LogP contribution is 2.38. The zero-order chi connectivity index (χ0) is 12.4. The summed E-state index contributed by atoms with van der Waals surface area (Å²) in [6.07, 6.45) is 3.22. The first-order chi connectivity index (χ1) is 8.90. The van der Waals surface area contributed by atoms with Gasteiger partial charge in [0.1, 0.15) is 11.5 Å². The van der Waals surface area contributed by atoms with E-state index in [1.807, 2.05) is 12.1 Å². The minimum absolute atomic E-state index is 0.237. The maximum atomic E-state index is 5.78. The van der Waals surface area contributed by atoms with E-state index in [0.29, 0.717) is 5.92 Å². The van der Waals surface area contributed by atoms with E-state index >= 15 is 0 Å². The summed E-state index contributed by atoms with van der Waals surface area (Å²) in [5.41, 5.74) is 1.29. The van der Waals surface area contributed by atoms with Crippen molar-refractivity contribution >= 4 is 0 Å². The van der Waals surface area contributed by atoms with Crippen LogP contribution >= 0.6 is 0 Å². The van der Waals surface area contributed by atoms with Crippen LogP contribution in [0.25, 0.3) is 0 Å². The van der Waals surface area contributed by atoms with Crippen molar-refractivity contribution in [1.82, 2.24) is 5.32 Å². The summed E-state index contributed by atoms with van der Waals surface area (Å²) in [6, 6.07) is 8.54. The van der Waals surface area contributed by atoms with Crippen LogP contribution in [0.2, 0.25) is 0 Å². The fraction of sp³-hybridized carbons (Fsp3) is 0.467. The second kappa shape index (κ2) is 5.02. The Labute approximate surface area is 108 Å². The number of nitrogens with one attached hydrogen (secondary N) is 1. The predicted molar refractivity (Wildman–Crippen MR) is 70.8 cm³/mol. The molecule has 1 N–H and O–H groups in total. The smallest absolute Gasteiger partial charge is 0.122 e. The van der Waals surface area contributed by atoms with Crippen molar-refractivity contribution in [3.05, 3.63) is 41.7 Å². The number of rotatable bonds is 4. The highest BCUT2D eigenvalue weighted by atomic mass is 16.5. The Hall–Kier alpha value is -1.48. The van der Waals surface area contributed by atoms with Gasteiger partial charge in [-0.25, -0.2) is 0 Å². The molecular weight excluding hydrogens is 226 g/mol. The third kappa shape index (κ3) is 1.99. The molecule has 0 spiro atoms. The number of ether oxygens (including phenoxy) is 2. The first kappa shape index (κ1) is 11.6. The lowest BCUT2D eigenvalue weighted by Crippen LogP contribution is -2.37. The van der Waals surface area contributed by atoms with Crippen LogP contribution in [0.4, 0.5) is 0 Å². The molecule has 0 aliphatic carbocycles. The van der Waals surface area contributed by atoms with Crippen molar-refractivity contribution in [2.24, 2.45) is 0 Å². The van der Waals surface area contributed by atoms with Gasteiger partial charge in [-0.2, -0.15) is 0 Å². The van der Waals surface area contributed by atoms with Gasteiger partial charge in [0, 0.05) is 17.9 Å². The molecule has 2 aliphatic rings. The molecule has 2 aliphatic heterocycles. The van der Waals surface area contributed by atoms with E-state index in [0.717, 1.165) is 37.7 Å². The first-order valence-electron chi connectivity index (χ1n) is 6.68. The fourth-order valence-electron chi connectivity index (χ4n) is 2.78. The summed E-state index contributed by atoms with van der Waals surface area (Å²) < 4.78 is 11.5. The van der Waals surface area contributed by atoms with Gasteiger partial charge in [0.05, 0.1) is 19.3 Å². The lowest BCUT2D eigenvalue weighted by molar-refractivity contribution is 0.197. The van der Waals surface area contributed by atoms with Gasteiger partial charge in [-0.3, -0.25) is 0 Å². The van der Waals surface area contributed by atoms with Gasteiger partial charge in [0.25, 0.3) is 0 Å². The molecule has 0 radical (unpaired) electrons. The Kier molecular flexibility index (Phi) is 3.24. The maximum absolute atomic E-state index is 5.78. The molecule has 18 heavy (non-hydrogen) atoms. The molecule has 1 aromatic carbocycles. The molecule has 96 valence electrons. The molecule has 2 atom stereocenters. The number of para-hydroxylation sites is 1. The Morgan fingerprint density at radius 1 is 1.33 bits per heavy atom. The van der Waals surface area contributed by atoms with Crippen LogP contribution in [0, 0.1) is 0 Å².